The van der Waals surface area contributed by atoms with E-state index in [1.807, 2.05) is 13.0 Å². The van der Waals surface area contributed by atoms with Crippen LogP contribution in [0.3, 0.4) is 0 Å². The average molecular weight is 778 g/mol. The quantitative estimate of drug-likeness (QED) is 0.140. The molecule has 0 radical (unpaired) electrons. The number of pyridine rings is 1. The highest BCUT2D eigenvalue weighted by atomic mass is 35.5. The van der Waals surface area contributed by atoms with E-state index < -0.39 is 24.0 Å². The summed E-state index contributed by atoms with van der Waals surface area (Å²) in [6.07, 6.45) is 4.89. The maximum Gasteiger partial charge on any atom is 0.324 e. The monoisotopic (exact) mass is 776 g/mol. The lowest BCUT2D eigenvalue weighted by atomic mass is 9.76. The number of halogens is 3. The third-order valence-corrected chi connectivity index (χ3v) is 10.8. The molecule has 12 heteroatoms. The number of nitrogens with one attached hydrogen (secondary N) is 2. The van der Waals surface area contributed by atoms with Crippen molar-refractivity contribution in [2.24, 2.45) is 5.10 Å². The van der Waals surface area contributed by atoms with Gasteiger partial charge in [-0.1, -0.05) is 108 Å². The van der Waals surface area contributed by atoms with E-state index in [2.05, 4.69) is 69.4 Å². The van der Waals surface area contributed by atoms with Crippen LogP contribution in [0.4, 0.5) is 11.4 Å². The van der Waals surface area contributed by atoms with Gasteiger partial charge in [0.25, 0.3) is 17.9 Å². The first-order valence-electron chi connectivity index (χ1n) is 17.7. The Balaban J connectivity index is 1.38. The Morgan fingerprint density at radius 2 is 1.53 bits per heavy atom. The zero-order valence-electron chi connectivity index (χ0n) is 31.0. The second kappa shape index (κ2) is 16.3. The molecule has 1 aromatic heterocycles. The molecule has 1 aliphatic heterocycles. The summed E-state index contributed by atoms with van der Waals surface area (Å²) >= 11 is 19.0. The SMILES string of the molecule is CCC(Oc1ccc(C(C)(C)CC)cc1C(C)(C)CC)C(=O)Nc1cccc(C(=O)NC2=NN(c3c(Cl)cc(Cl)cc3Cl)C(=O)C2[n+]2ccccc2)c1. The van der Waals surface area contributed by atoms with Crippen molar-refractivity contribution in [3.05, 3.63) is 117 Å². The van der Waals surface area contributed by atoms with Crippen LogP contribution < -0.4 is 24.9 Å². The first-order valence-corrected chi connectivity index (χ1v) is 18.8. The number of rotatable bonds is 12. The number of anilines is 2. The fourth-order valence-corrected chi connectivity index (χ4v) is 6.87. The van der Waals surface area contributed by atoms with E-state index in [4.69, 9.17) is 39.5 Å². The smallest absolute Gasteiger partial charge is 0.324 e. The van der Waals surface area contributed by atoms with Crippen molar-refractivity contribution in [3.63, 3.8) is 0 Å². The third kappa shape index (κ3) is 8.69. The Morgan fingerprint density at radius 3 is 2.15 bits per heavy atom. The van der Waals surface area contributed by atoms with E-state index in [1.165, 1.54) is 17.7 Å². The number of carbonyl (C=O) groups excluding carboxylic acids is 3. The van der Waals surface area contributed by atoms with Gasteiger partial charge in [0.15, 0.2) is 18.5 Å². The first-order chi connectivity index (χ1) is 25.1. The maximum absolute atomic E-state index is 13.8. The van der Waals surface area contributed by atoms with Crippen molar-refractivity contribution in [2.45, 2.75) is 90.7 Å². The van der Waals surface area contributed by atoms with Crippen LogP contribution in [0, 0.1) is 0 Å². The van der Waals surface area contributed by atoms with E-state index in [9.17, 15) is 14.4 Å². The molecule has 0 saturated heterocycles. The summed E-state index contributed by atoms with van der Waals surface area (Å²) in [5.41, 5.74) is 2.87. The average Bonchev–Trinajstić information content (AvgIpc) is 3.44. The van der Waals surface area contributed by atoms with E-state index >= 15 is 0 Å². The molecule has 0 fully saturated rings. The molecule has 0 saturated carbocycles. The second-order valence-corrected chi connectivity index (χ2v) is 15.6. The standard InChI is InChI=1S/C41H44Cl3N5O4/c1-8-32(53-33-18-17-26(40(4,5)9-2)22-29(33)41(6,7)10-3)38(51)45-28-16-14-15-25(21-28)37(50)46-36-35(48-19-12-11-13-20-48)39(52)49(47-36)34-30(43)23-27(42)24-31(34)44/h11-24,32,35H,8-10H2,1-7H3,(H-,45,46,47,50,51)/p+1. The predicted molar refractivity (Wildman–Crippen MR) is 212 cm³/mol. The molecule has 4 aromatic rings. The van der Waals surface area contributed by atoms with Gasteiger partial charge in [0, 0.05) is 34.0 Å². The van der Waals surface area contributed by atoms with Crippen molar-refractivity contribution < 1.29 is 23.7 Å². The van der Waals surface area contributed by atoms with Crippen LogP contribution in [0.25, 0.3) is 0 Å². The van der Waals surface area contributed by atoms with Gasteiger partial charge in [-0.15, -0.1) is 5.10 Å². The van der Waals surface area contributed by atoms with Crippen molar-refractivity contribution in [3.8, 4) is 5.75 Å². The van der Waals surface area contributed by atoms with Gasteiger partial charge in [-0.3, -0.25) is 14.4 Å². The predicted octanol–water partition coefficient (Wildman–Crippen LogP) is 9.44. The number of hydrogen-bond donors (Lipinski definition) is 2. The fraction of sp³-hybridized carbons (Fsp3) is 0.341. The van der Waals surface area contributed by atoms with Gasteiger partial charge in [0.2, 0.25) is 5.84 Å². The van der Waals surface area contributed by atoms with Gasteiger partial charge in [0.05, 0.1) is 10.0 Å². The number of carbonyl (C=O) groups is 3. The minimum absolute atomic E-state index is 0.00530. The molecule has 2 atom stereocenters. The number of hydrogen-bond acceptors (Lipinski definition) is 5. The van der Waals surface area contributed by atoms with Gasteiger partial charge < -0.3 is 15.4 Å². The third-order valence-electron chi connectivity index (χ3n) is 9.96. The molecule has 0 spiro atoms. The molecular formula is C41H45Cl3N5O4+. The molecule has 3 aromatic carbocycles. The number of hydrazone groups is 1. The van der Waals surface area contributed by atoms with Crippen molar-refractivity contribution >= 4 is 69.7 Å². The van der Waals surface area contributed by atoms with Crippen LogP contribution in [0.2, 0.25) is 15.1 Å². The summed E-state index contributed by atoms with van der Waals surface area (Å²) in [4.78, 5) is 41.2. The lowest BCUT2D eigenvalue weighted by Crippen LogP contribution is -2.51. The Bertz CT molecular complexity index is 2030. The molecule has 0 bridgehead atoms. The van der Waals surface area contributed by atoms with Crippen LogP contribution in [0.1, 0.15) is 95.3 Å². The highest BCUT2D eigenvalue weighted by Crippen LogP contribution is 2.40. The molecule has 2 unspecified atom stereocenters. The molecule has 53 heavy (non-hydrogen) atoms. The van der Waals surface area contributed by atoms with Crippen LogP contribution in [-0.4, -0.2) is 29.7 Å². The van der Waals surface area contributed by atoms with Crippen molar-refractivity contribution in [1.82, 2.24) is 5.32 Å². The van der Waals surface area contributed by atoms with Crippen LogP contribution in [0.5, 0.6) is 5.75 Å². The van der Waals surface area contributed by atoms with Gasteiger partial charge >= 0.3 is 5.91 Å². The van der Waals surface area contributed by atoms with Crippen LogP contribution >= 0.6 is 34.8 Å². The number of ether oxygens (including phenoxy) is 1. The molecule has 1 aliphatic rings. The first kappa shape index (κ1) is 39.8. The summed E-state index contributed by atoms with van der Waals surface area (Å²) < 4.78 is 8.06. The largest absolute Gasteiger partial charge is 0.480 e. The van der Waals surface area contributed by atoms with E-state index in [1.54, 1.807) is 59.4 Å². The van der Waals surface area contributed by atoms with Gasteiger partial charge in [0.1, 0.15) is 11.4 Å². The minimum atomic E-state index is -1.03. The summed E-state index contributed by atoms with van der Waals surface area (Å²) in [6, 6.07) is 20.0. The van der Waals surface area contributed by atoms with Crippen LogP contribution in [-0.2, 0) is 20.4 Å². The molecule has 9 nitrogen and oxygen atoms in total. The molecule has 3 amide bonds. The van der Waals surface area contributed by atoms with Gasteiger partial charge in [-0.2, -0.15) is 9.58 Å². The minimum Gasteiger partial charge on any atom is -0.480 e. The summed E-state index contributed by atoms with van der Waals surface area (Å²) in [5, 5.41) is 11.8. The summed E-state index contributed by atoms with van der Waals surface area (Å²) in [5.74, 6) is -0.665. The van der Waals surface area contributed by atoms with Gasteiger partial charge in [-0.05, 0) is 72.1 Å². The molecule has 2 heterocycles. The van der Waals surface area contributed by atoms with E-state index in [-0.39, 0.29) is 43.9 Å². The Hall–Kier alpha value is -4.44. The molecule has 2 N–H and O–H groups in total. The molecule has 5 rings (SSSR count). The second-order valence-electron chi connectivity index (χ2n) is 14.3. The van der Waals surface area contributed by atoms with Crippen molar-refractivity contribution in [1.29, 1.82) is 0 Å². The Kier molecular flexibility index (Phi) is 12.2. The van der Waals surface area contributed by atoms with Crippen LogP contribution in [0.15, 0.2) is 90.3 Å². The van der Waals surface area contributed by atoms with E-state index in [0.29, 0.717) is 22.9 Å². The normalized spacial score (nSPS) is 15.2. The highest BCUT2D eigenvalue weighted by molar-refractivity contribution is 6.42. The number of nitrogens with zero attached hydrogens (tertiary/aromatic N) is 3. The maximum atomic E-state index is 13.8. The summed E-state index contributed by atoms with van der Waals surface area (Å²) in [6.45, 7) is 15.0. The van der Waals surface area contributed by atoms with Gasteiger partial charge in [-0.25, -0.2) is 0 Å². The lowest BCUT2D eigenvalue weighted by molar-refractivity contribution is -0.693. The Morgan fingerprint density at radius 1 is 0.868 bits per heavy atom. The summed E-state index contributed by atoms with van der Waals surface area (Å²) in [7, 11) is 0. The molecule has 278 valence electrons. The van der Waals surface area contributed by atoms with Crippen molar-refractivity contribution in [2.75, 3.05) is 10.3 Å². The number of amides is 3. The zero-order chi connectivity index (χ0) is 38.7. The van der Waals surface area contributed by atoms with E-state index in [0.717, 1.165) is 23.4 Å². The zero-order valence-corrected chi connectivity index (χ0v) is 33.2. The molecular weight excluding hydrogens is 733 g/mol. The lowest BCUT2D eigenvalue weighted by Gasteiger charge is -2.31. The Labute approximate surface area is 326 Å². The fourth-order valence-electron chi connectivity index (χ4n) is 5.89. The number of amidine groups is 1. The number of aromatic nitrogens is 1. The highest BCUT2D eigenvalue weighted by Gasteiger charge is 2.46. The number of benzene rings is 3. The molecule has 0 aliphatic carbocycles. The topological polar surface area (TPSA) is 104 Å².